The Bertz CT molecular complexity index is 956. The van der Waals surface area contributed by atoms with Crippen molar-refractivity contribution < 1.29 is 9.18 Å². The van der Waals surface area contributed by atoms with Gasteiger partial charge in [0, 0.05) is 35.1 Å². The lowest BCUT2D eigenvalue weighted by molar-refractivity contribution is -0.125. The Morgan fingerprint density at radius 3 is 2.73 bits per heavy atom. The second kappa shape index (κ2) is 7.16. The highest BCUT2D eigenvalue weighted by Gasteiger charge is 2.22. The molecule has 1 amide bonds. The molecule has 0 radical (unpaired) electrons. The molecule has 132 valence electrons. The van der Waals surface area contributed by atoms with E-state index >= 15 is 0 Å². The van der Waals surface area contributed by atoms with E-state index in [2.05, 4.69) is 40.8 Å². The van der Waals surface area contributed by atoms with Gasteiger partial charge in [-0.15, -0.1) is 0 Å². The zero-order valence-corrected chi connectivity index (χ0v) is 14.5. The van der Waals surface area contributed by atoms with Crippen LogP contribution in [0.1, 0.15) is 30.4 Å². The molecule has 1 atom stereocenters. The largest absolute Gasteiger partial charge is 0.361 e. The molecular formula is C22H21FN2O. The molecule has 2 N–H and O–H groups in total. The summed E-state index contributed by atoms with van der Waals surface area (Å²) in [4.78, 5) is 15.7. The van der Waals surface area contributed by atoms with Crippen LogP contribution in [-0.2, 0) is 11.3 Å². The monoisotopic (exact) mass is 348 g/mol. The number of carbonyl (C=O) groups is 1. The molecule has 0 saturated heterocycles. The first-order chi connectivity index (χ1) is 12.7. The molecule has 2 aromatic carbocycles. The number of halogens is 1. The van der Waals surface area contributed by atoms with Crippen LogP contribution in [0.4, 0.5) is 4.39 Å². The maximum Gasteiger partial charge on any atom is 0.223 e. The number of hydrogen-bond acceptors (Lipinski definition) is 1. The number of allylic oxidation sites excluding steroid dienone is 2. The van der Waals surface area contributed by atoms with E-state index in [-0.39, 0.29) is 17.6 Å². The van der Waals surface area contributed by atoms with Crippen molar-refractivity contribution >= 4 is 22.4 Å². The van der Waals surface area contributed by atoms with Gasteiger partial charge in [-0.05, 0) is 48.6 Å². The summed E-state index contributed by atoms with van der Waals surface area (Å²) < 4.78 is 12.9. The quantitative estimate of drug-likeness (QED) is 0.698. The van der Waals surface area contributed by atoms with Gasteiger partial charge in [-0.25, -0.2) is 4.39 Å². The van der Waals surface area contributed by atoms with E-state index in [0.717, 1.165) is 30.3 Å². The molecule has 1 aliphatic carbocycles. The van der Waals surface area contributed by atoms with Crippen molar-refractivity contribution in [1.29, 1.82) is 0 Å². The van der Waals surface area contributed by atoms with Crippen molar-refractivity contribution in [2.24, 2.45) is 5.92 Å². The first-order valence-electron chi connectivity index (χ1n) is 8.98. The lowest BCUT2D eigenvalue weighted by Gasteiger charge is -2.21. The van der Waals surface area contributed by atoms with Gasteiger partial charge in [-0.2, -0.15) is 0 Å². The summed E-state index contributed by atoms with van der Waals surface area (Å²) >= 11 is 0. The molecular weight excluding hydrogens is 327 g/mol. The molecule has 1 aliphatic rings. The lowest BCUT2D eigenvalue weighted by atomic mass is 9.86. The summed E-state index contributed by atoms with van der Waals surface area (Å²) in [5, 5.41) is 4.20. The molecule has 0 fully saturated rings. The SMILES string of the molecule is O=C(NCc1ccc(F)cc1)C1CC=C(c2c[nH]c3ccccc23)CC1. The Morgan fingerprint density at radius 2 is 1.96 bits per heavy atom. The van der Waals surface area contributed by atoms with Crippen LogP contribution >= 0.6 is 0 Å². The van der Waals surface area contributed by atoms with Gasteiger partial charge in [0.2, 0.25) is 5.91 Å². The number of rotatable bonds is 4. The fourth-order valence-electron chi connectivity index (χ4n) is 3.59. The highest BCUT2D eigenvalue weighted by molar-refractivity contribution is 5.93. The van der Waals surface area contributed by atoms with Crippen LogP contribution in [0.5, 0.6) is 0 Å². The second-order valence-corrected chi connectivity index (χ2v) is 6.79. The predicted octanol–water partition coefficient (Wildman–Crippen LogP) is 4.81. The third-order valence-electron chi connectivity index (χ3n) is 5.10. The number of aromatic amines is 1. The average Bonchev–Trinajstić information content (AvgIpc) is 3.11. The number of H-pyrrole nitrogens is 1. The van der Waals surface area contributed by atoms with Crippen LogP contribution in [0.2, 0.25) is 0 Å². The van der Waals surface area contributed by atoms with Crippen molar-refractivity contribution in [3.05, 3.63) is 77.7 Å². The maximum absolute atomic E-state index is 12.9. The van der Waals surface area contributed by atoms with Crippen molar-refractivity contribution in [2.75, 3.05) is 0 Å². The molecule has 4 heteroatoms. The van der Waals surface area contributed by atoms with Crippen molar-refractivity contribution in [1.82, 2.24) is 10.3 Å². The first-order valence-corrected chi connectivity index (χ1v) is 8.98. The Balaban J connectivity index is 1.39. The number of amides is 1. The van der Waals surface area contributed by atoms with Gasteiger partial charge in [-0.3, -0.25) is 4.79 Å². The van der Waals surface area contributed by atoms with Crippen LogP contribution in [0.25, 0.3) is 16.5 Å². The fourth-order valence-corrected chi connectivity index (χ4v) is 3.59. The molecule has 3 aromatic rings. The molecule has 1 unspecified atom stereocenters. The smallest absolute Gasteiger partial charge is 0.223 e. The minimum atomic E-state index is -0.262. The fraction of sp³-hybridized carbons (Fsp3) is 0.227. The summed E-state index contributed by atoms with van der Waals surface area (Å²) in [5.74, 6) is -0.185. The Labute approximate surface area is 151 Å². The normalized spacial score (nSPS) is 17.1. The number of para-hydroxylation sites is 1. The number of aromatic nitrogens is 1. The van der Waals surface area contributed by atoms with Crippen LogP contribution in [0.15, 0.2) is 60.8 Å². The van der Waals surface area contributed by atoms with Crippen molar-refractivity contribution in [3.63, 3.8) is 0 Å². The highest BCUT2D eigenvalue weighted by Crippen LogP contribution is 2.34. The van der Waals surface area contributed by atoms with Crippen LogP contribution in [0.3, 0.4) is 0 Å². The summed E-state index contributed by atoms with van der Waals surface area (Å²) in [7, 11) is 0. The summed E-state index contributed by atoms with van der Waals surface area (Å²) in [6.45, 7) is 0.439. The standard InChI is InChI=1S/C22H21FN2O/c23-18-11-5-15(6-12-18)13-25-22(26)17-9-7-16(8-10-17)20-14-24-21-4-2-1-3-19(20)21/h1-7,11-12,14,17,24H,8-10,13H2,(H,25,26). The molecule has 0 bridgehead atoms. The predicted molar refractivity (Wildman–Crippen MR) is 102 cm³/mol. The number of carbonyl (C=O) groups excluding carboxylic acids is 1. The van der Waals surface area contributed by atoms with Crippen LogP contribution < -0.4 is 5.32 Å². The summed E-state index contributed by atoms with van der Waals surface area (Å²) in [6, 6.07) is 14.5. The van der Waals surface area contributed by atoms with E-state index in [9.17, 15) is 9.18 Å². The van der Waals surface area contributed by atoms with Gasteiger partial charge in [0.05, 0.1) is 0 Å². The zero-order chi connectivity index (χ0) is 17.9. The minimum Gasteiger partial charge on any atom is -0.361 e. The second-order valence-electron chi connectivity index (χ2n) is 6.79. The summed E-state index contributed by atoms with van der Waals surface area (Å²) in [5.41, 5.74) is 4.60. The third kappa shape index (κ3) is 3.40. The van der Waals surface area contributed by atoms with Gasteiger partial charge in [0.1, 0.15) is 5.82 Å². The van der Waals surface area contributed by atoms with Gasteiger partial charge >= 0.3 is 0 Å². The van der Waals surface area contributed by atoms with E-state index in [1.165, 1.54) is 28.7 Å². The average molecular weight is 348 g/mol. The van der Waals surface area contributed by atoms with E-state index in [1.807, 2.05) is 6.07 Å². The summed E-state index contributed by atoms with van der Waals surface area (Å²) in [6.07, 6.45) is 6.76. The number of hydrogen-bond donors (Lipinski definition) is 2. The Morgan fingerprint density at radius 1 is 1.15 bits per heavy atom. The van der Waals surface area contributed by atoms with E-state index in [0.29, 0.717) is 6.54 Å². The molecule has 3 nitrogen and oxygen atoms in total. The Hall–Kier alpha value is -2.88. The topological polar surface area (TPSA) is 44.9 Å². The minimum absolute atomic E-state index is 0.00408. The number of nitrogens with one attached hydrogen (secondary N) is 2. The van der Waals surface area contributed by atoms with E-state index in [1.54, 1.807) is 12.1 Å². The molecule has 26 heavy (non-hydrogen) atoms. The van der Waals surface area contributed by atoms with Gasteiger partial charge in [0.15, 0.2) is 0 Å². The van der Waals surface area contributed by atoms with Crippen LogP contribution in [0, 0.1) is 11.7 Å². The van der Waals surface area contributed by atoms with Crippen LogP contribution in [-0.4, -0.2) is 10.9 Å². The number of benzene rings is 2. The maximum atomic E-state index is 12.9. The van der Waals surface area contributed by atoms with Crippen molar-refractivity contribution in [3.8, 4) is 0 Å². The third-order valence-corrected chi connectivity index (χ3v) is 5.10. The lowest BCUT2D eigenvalue weighted by Crippen LogP contribution is -2.31. The van der Waals surface area contributed by atoms with Gasteiger partial charge in [-0.1, -0.05) is 36.4 Å². The van der Waals surface area contributed by atoms with E-state index < -0.39 is 0 Å². The first kappa shape index (κ1) is 16.6. The van der Waals surface area contributed by atoms with E-state index in [4.69, 9.17) is 0 Å². The Kier molecular flexibility index (Phi) is 4.57. The molecule has 1 heterocycles. The number of fused-ring (bicyclic) bond motifs is 1. The zero-order valence-electron chi connectivity index (χ0n) is 14.5. The molecule has 0 aliphatic heterocycles. The molecule has 0 spiro atoms. The van der Waals surface area contributed by atoms with Gasteiger partial charge in [0.25, 0.3) is 0 Å². The van der Waals surface area contributed by atoms with Crippen molar-refractivity contribution in [2.45, 2.75) is 25.8 Å². The molecule has 0 saturated carbocycles. The molecule has 1 aromatic heterocycles. The highest BCUT2D eigenvalue weighted by atomic mass is 19.1. The molecule has 4 rings (SSSR count). The van der Waals surface area contributed by atoms with Gasteiger partial charge < -0.3 is 10.3 Å².